The first-order valence-corrected chi connectivity index (χ1v) is 10.2. The van der Waals surface area contributed by atoms with Crippen molar-refractivity contribution in [3.8, 4) is 16.9 Å². The first-order chi connectivity index (χ1) is 15.6. The number of hydrogen-bond acceptors (Lipinski definition) is 7. The van der Waals surface area contributed by atoms with Crippen molar-refractivity contribution in [2.75, 3.05) is 23.8 Å². The average molecular weight is 427 g/mol. The van der Waals surface area contributed by atoms with Gasteiger partial charge in [-0.05, 0) is 42.0 Å². The Balaban J connectivity index is 1.40. The summed E-state index contributed by atoms with van der Waals surface area (Å²) in [5.74, 6) is 1.53. The Kier molecular flexibility index (Phi) is 4.14. The summed E-state index contributed by atoms with van der Waals surface area (Å²) in [6.07, 6.45) is 3.29. The Bertz CT molecular complexity index is 1480. The Labute approximate surface area is 181 Å². The molecule has 0 saturated carbocycles. The fourth-order valence-electron chi connectivity index (χ4n) is 4.10. The van der Waals surface area contributed by atoms with Crippen LogP contribution in [0.25, 0.3) is 33.2 Å². The zero-order chi connectivity index (χ0) is 21.7. The SMILES string of the molecule is Nc1nc2ncc(-c3ccc4c(c3)CN(c3ncnc5ccc(F)cc35)CCO4)cc2[nH]1. The van der Waals surface area contributed by atoms with E-state index in [1.165, 1.54) is 18.5 Å². The molecular weight excluding hydrogens is 409 g/mol. The number of ether oxygens (including phenoxy) is 1. The fourth-order valence-corrected chi connectivity index (χ4v) is 4.10. The van der Waals surface area contributed by atoms with Crippen LogP contribution >= 0.6 is 0 Å². The lowest BCUT2D eigenvalue weighted by Gasteiger charge is -2.22. The number of aromatic amines is 1. The number of H-pyrrole nitrogens is 1. The highest BCUT2D eigenvalue weighted by atomic mass is 19.1. The summed E-state index contributed by atoms with van der Waals surface area (Å²) in [7, 11) is 0. The lowest BCUT2D eigenvalue weighted by molar-refractivity contribution is 0.331. The molecule has 0 spiro atoms. The monoisotopic (exact) mass is 427 g/mol. The molecule has 9 heteroatoms. The van der Waals surface area contributed by atoms with E-state index in [9.17, 15) is 4.39 Å². The molecule has 8 nitrogen and oxygen atoms in total. The maximum Gasteiger partial charge on any atom is 0.200 e. The molecule has 6 rings (SSSR count). The molecule has 2 aromatic carbocycles. The zero-order valence-electron chi connectivity index (χ0n) is 16.9. The second-order valence-corrected chi connectivity index (χ2v) is 7.67. The maximum atomic E-state index is 13.9. The van der Waals surface area contributed by atoms with E-state index >= 15 is 0 Å². The number of nitrogens with one attached hydrogen (secondary N) is 1. The third-order valence-electron chi connectivity index (χ3n) is 5.61. The molecule has 0 saturated heterocycles. The Morgan fingerprint density at radius 2 is 1.97 bits per heavy atom. The summed E-state index contributed by atoms with van der Waals surface area (Å²) in [5, 5.41) is 0.679. The van der Waals surface area contributed by atoms with Crippen LogP contribution in [0.1, 0.15) is 5.56 Å². The van der Waals surface area contributed by atoms with Gasteiger partial charge in [-0.1, -0.05) is 6.07 Å². The molecular formula is C23H18FN7O. The Morgan fingerprint density at radius 1 is 1.03 bits per heavy atom. The van der Waals surface area contributed by atoms with E-state index in [1.54, 1.807) is 12.3 Å². The van der Waals surface area contributed by atoms with Crippen LogP contribution in [0.3, 0.4) is 0 Å². The van der Waals surface area contributed by atoms with E-state index in [-0.39, 0.29) is 5.82 Å². The van der Waals surface area contributed by atoms with Gasteiger partial charge in [0.15, 0.2) is 11.6 Å². The predicted octanol–water partition coefficient (Wildman–Crippen LogP) is 3.69. The minimum absolute atomic E-state index is 0.315. The summed E-state index contributed by atoms with van der Waals surface area (Å²) in [5.41, 5.74) is 10.8. The molecule has 32 heavy (non-hydrogen) atoms. The molecule has 0 radical (unpaired) electrons. The predicted molar refractivity (Wildman–Crippen MR) is 120 cm³/mol. The van der Waals surface area contributed by atoms with Gasteiger partial charge in [0, 0.05) is 29.3 Å². The van der Waals surface area contributed by atoms with E-state index < -0.39 is 0 Å². The van der Waals surface area contributed by atoms with Crippen molar-refractivity contribution < 1.29 is 9.13 Å². The second kappa shape index (κ2) is 7.16. The van der Waals surface area contributed by atoms with Crippen molar-refractivity contribution >= 4 is 33.8 Å². The number of nitrogens with two attached hydrogens (primary N) is 1. The zero-order valence-corrected chi connectivity index (χ0v) is 16.9. The number of anilines is 2. The molecule has 1 aliphatic heterocycles. The third-order valence-corrected chi connectivity index (χ3v) is 5.61. The first kappa shape index (κ1) is 18.5. The van der Waals surface area contributed by atoms with Gasteiger partial charge in [0.05, 0.1) is 17.6 Å². The van der Waals surface area contributed by atoms with Gasteiger partial charge >= 0.3 is 0 Å². The van der Waals surface area contributed by atoms with Crippen molar-refractivity contribution in [1.82, 2.24) is 24.9 Å². The molecule has 3 N–H and O–H groups in total. The number of aromatic nitrogens is 5. The van der Waals surface area contributed by atoms with Gasteiger partial charge in [-0.3, -0.25) is 0 Å². The van der Waals surface area contributed by atoms with E-state index in [2.05, 4.69) is 35.9 Å². The van der Waals surface area contributed by atoms with Gasteiger partial charge in [0.25, 0.3) is 0 Å². The van der Waals surface area contributed by atoms with Crippen LogP contribution in [-0.4, -0.2) is 38.1 Å². The lowest BCUT2D eigenvalue weighted by Crippen LogP contribution is -2.26. The van der Waals surface area contributed by atoms with E-state index in [0.29, 0.717) is 48.0 Å². The Hall–Kier alpha value is -4.27. The molecule has 0 fully saturated rings. The van der Waals surface area contributed by atoms with Crippen molar-refractivity contribution in [2.24, 2.45) is 0 Å². The van der Waals surface area contributed by atoms with Crippen LogP contribution in [0.15, 0.2) is 55.0 Å². The highest BCUT2D eigenvalue weighted by Crippen LogP contribution is 2.33. The average Bonchev–Trinajstić information content (AvgIpc) is 3.04. The molecule has 0 aliphatic carbocycles. The van der Waals surface area contributed by atoms with Crippen molar-refractivity contribution in [3.63, 3.8) is 0 Å². The fraction of sp³-hybridized carbons (Fsp3) is 0.130. The topological polar surface area (TPSA) is 106 Å². The van der Waals surface area contributed by atoms with E-state index in [4.69, 9.17) is 10.5 Å². The normalized spacial score (nSPS) is 13.7. The van der Waals surface area contributed by atoms with E-state index in [0.717, 1.165) is 28.0 Å². The lowest BCUT2D eigenvalue weighted by atomic mass is 10.0. The smallest absolute Gasteiger partial charge is 0.200 e. The molecule has 0 bridgehead atoms. The maximum absolute atomic E-state index is 13.9. The molecule has 158 valence electrons. The van der Waals surface area contributed by atoms with Gasteiger partial charge in [0.1, 0.15) is 30.3 Å². The first-order valence-electron chi connectivity index (χ1n) is 10.2. The van der Waals surface area contributed by atoms with Crippen LogP contribution in [0, 0.1) is 5.82 Å². The minimum atomic E-state index is -0.315. The van der Waals surface area contributed by atoms with Crippen molar-refractivity contribution in [3.05, 3.63) is 66.4 Å². The number of imidazole rings is 1. The number of pyridine rings is 1. The number of rotatable bonds is 2. The summed E-state index contributed by atoms with van der Waals surface area (Å²) >= 11 is 0. The molecule has 3 aromatic heterocycles. The Morgan fingerprint density at radius 3 is 2.91 bits per heavy atom. The molecule has 0 atom stereocenters. The van der Waals surface area contributed by atoms with Crippen LogP contribution in [0.2, 0.25) is 0 Å². The number of benzene rings is 2. The standard InChI is InChI=1S/C23H18FN7O/c24-16-2-3-18-17(9-16)22(28-12-27-18)31-5-6-32-20-4-1-13(7-15(20)11-31)14-8-19-21(26-10-14)30-23(25)29-19/h1-4,7-10,12H,5-6,11H2,(H3,25,26,29,30). The summed E-state index contributed by atoms with van der Waals surface area (Å²) < 4.78 is 19.9. The third kappa shape index (κ3) is 3.15. The van der Waals surface area contributed by atoms with Gasteiger partial charge in [-0.2, -0.15) is 4.98 Å². The van der Waals surface area contributed by atoms with Crippen molar-refractivity contribution in [2.45, 2.75) is 6.54 Å². The second-order valence-electron chi connectivity index (χ2n) is 7.67. The van der Waals surface area contributed by atoms with Gasteiger partial charge in [-0.25, -0.2) is 19.3 Å². The number of hydrogen-bond donors (Lipinski definition) is 2. The molecule has 0 unspecified atom stereocenters. The molecule has 1 aliphatic rings. The number of halogens is 1. The molecule has 5 aromatic rings. The van der Waals surface area contributed by atoms with Crippen molar-refractivity contribution in [1.29, 1.82) is 0 Å². The summed E-state index contributed by atoms with van der Waals surface area (Å²) in [4.78, 5) is 22.4. The quantitative estimate of drug-likeness (QED) is 0.443. The minimum Gasteiger partial charge on any atom is -0.491 e. The number of fused-ring (bicyclic) bond motifs is 3. The van der Waals surface area contributed by atoms with Crippen LogP contribution < -0.4 is 15.4 Å². The van der Waals surface area contributed by atoms with Crippen LogP contribution in [0.4, 0.5) is 16.2 Å². The van der Waals surface area contributed by atoms with Gasteiger partial charge in [0.2, 0.25) is 0 Å². The number of nitrogen functional groups attached to an aromatic ring is 1. The van der Waals surface area contributed by atoms with Crippen LogP contribution in [-0.2, 0) is 6.54 Å². The molecule has 0 amide bonds. The number of nitrogens with zero attached hydrogens (tertiary/aromatic N) is 5. The summed E-state index contributed by atoms with van der Waals surface area (Å²) in [6.45, 7) is 1.68. The van der Waals surface area contributed by atoms with Crippen LogP contribution in [0.5, 0.6) is 5.75 Å². The van der Waals surface area contributed by atoms with Gasteiger partial charge < -0.3 is 20.4 Å². The highest BCUT2D eigenvalue weighted by Gasteiger charge is 2.20. The summed E-state index contributed by atoms with van der Waals surface area (Å²) in [6, 6.07) is 12.6. The van der Waals surface area contributed by atoms with Gasteiger partial charge in [-0.15, -0.1) is 0 Å². The molecule has 4 heterocycles. The highest BCUT2D eigenvalue weighted by molar-refractivity contribution is 5.89. The largest absolute Gasteiger partial charge is 0.491 e. The van der Waals surface area contributed by atoms with E-state index in [1.807, 2.05) is 18.2 Å².